The number of ether oxygens (including phenoxy) is 6. The Kier molecular flexibility index (Phi) is 5.59. The van der Waals surface area contributed by atoms with Crippen LogP contribution in [-0.2, 0) is 4.79 Å². The lowest BCUT2D eigenvalue weighted by Crippen LogP contribution is -2.06. The van der Waals surface area contributed by atoms with Crippen LogP contribution in [0.2, 0.25) is 0 Å². The molecule has 0 atom stereocenters. The summed E-state index contributed by atoms with van der Waals surface area (Å²) in [4.78, 5) is 11.7. The van der Waals surface area contributed by atoms with Gasteiger partial charge in [-0.15, -0.1) is 0 Å². The molecule has 0 aliphatic heterocycles. The molecule has 0 spiro atoms. The fraction of sp³-hybridized carbons (Fsp3) is 0.318. The van der Waals surface area contributed by atoms with Crippen LogP contribution in [0.3, 0.4) is 0 Å². The molecular formula is C22H24O7. The topological polar surface area (TPSA) is 72.5 Å². The first-order valence-corrected chi connectivity index (χ1v) is 8.91. The van der Waals surface area contributed by atoms with E-state index in [0.717, 1.165) is 10.8 Å². The second-order valence-electron chi connectivity index (χ2n) is 6.34. The van der Waals surface area contributed by atoms with Crippen molar-refractivity contribution in [3.63, 3.8) is 0 Å². The van der Waals surface area contributed by atoms with Crippen molar-refractivity contribution < 1.29 is 33.2 Å². The summed E-state index contributed by atoms with van der Waals surface area (Å²) in [5.41, 5.74) is 0.677. The molecule has 0 amide bonds. The molecule has 29 heavy (non-hydrogen) atoms. The molecule has 0 bridgehead atoms. The molecule has 0 unspecified atom stereocenters. The van der Waals surface area contributed by atoms with Crippen LogP contribution in [0.4, 0.5) is 0 Å². The number of methoxy groups -OCH3 is 5. The maximum atomic E-state index is 11.7. The van der Waals surface area contributed by atoms with Crippen molar-refractivity contribution in [1.29, 1.82) is 0 Å². The second kappa shape index (κ2) is 7.95. The quantitative estimate of drug-likeness (QED) is 0.348. The number of rotatable bonds is 6. The van der Waals surface area contributed by atoms with Crippen LogP contribution in [0.25, 0.3) is 21.5 Å². The van der Waals surface area contributed by atoms with Crippen molar-refractivity contribution in [3.05, 3.63) is 23.8 Å². The van der Waals surface area contributed by atoms with Crippen molar-refractivity contribution in [3.8, 4) is 34.5 Å². The zero-order chi connectivity index (χ0) is 21.3. The maximum absolute atomic E-state index is 11.7. The Morgan fingerprint density at radius 1 is 0.690 bits per heavy atom. The van der Waals surface area contributed by atoms with Gasteiger partial charge in [-0.05, 0) is 25.1 Å². The first-order valence-electron chi connectivity index (χ1n) is 8.91. The SMILES string of the molecule is COc1cc2c(OC)c3c(OC)ccc(OC)c3c(OC)c2c(C)c1OC(C)=O. The van der Waals surface area contributed by atoms with E-state index in [9.17, 15) is 4.79 Å². The van der Waals surface area contributed by atoms with Crippen LogP contribution in [-0.4, -0.2) is 41.5 Å². The largest absolute Gasteiger partial charge is 0.496 e. The van der Waals surface area contributed by atoms with Crippen LogP contribution in [0.5, 0.6) is 34.5 Å². The van der Waals surface area contributed by atoms with E-state index in [4.69, 9.17) is 28.4 Å². The summed E-state index contributed by atoms with van der Waals surface area (Å²) >= 11 is 0. The molecular weight excluding hydrogens is 376 g/mol. The van der Waals surface area contributed by atoms with Gasteiger partial charge in [0.2, 0.25) is 0 Å². The van der Waals surface area contributed by atoms with E-state index in [1.165, 1.54) is 14.0 Å². The van der Waals surface area contributed by atoms with E-state index >= 15 is 0 Å². The molecule has 0 saturated carbocycles. The van der Waals surface area contributed by atoms with Crippen molar-refractivity contribution in [2.24, 2.45) is 0 Å². The summed E-state index contributed by atoms with van der Waals surface area (Å²) < 4.78 is 33.8. The summed E-state index contributed by atoms with van der Waals surface area (Å²) in [5.74, 6) is 2.63. The van der Waals surface area contributed by atoms with Crippen LogP contribution in [0.15, 0.2) is 18.2 Å². The Balaban J connectivity index is 2.67. The monoisotopic (exact) mass is 400 g/mol. The molecule has 3 aromatic rings. The van der Waals surface area contributed by atoms with Crippen LogP contribution in [0, 0.1) is 6.92 Å². The van der Waals surface area contributed by atoms with E-state index in [0.29, 0.717) is 50.8 Å². The molecule has 0 aliphatic rings. The second-order valence-corrected chi connectivity index (χ2v) is 6.34. The van der Waals surface area contributed by atoms with Gasteiger partial charge in [0.15, 0.2) is 11.5 Å². The summed E-state index contributed by atoms with van der Waals surface area (Å²) in [7, 11) is 7.85. The third-order valence-electron chi connectivity index (χ3n) is 4.85. The number of aryl methyl sites for hydroxylation is 1. The molecule has 0 fully saturated rings. The molecule has 0 heterocycles. The van der Waals surface area contributed by atoms with Gasteiger partial charge in [0.1, 0.15) is 23.0 Å². The van der Waals surface area contributed by atoms with E-state index in [-0.39, 0.29) is 0 Å². The normalized spacial score (nSPS) is 10.7. The fourth-order valence-corrected chi connectivity index (χ4v) is 3.69. The van der Waals surface area contributed by atoms with Gasteiger partial charge in [0.25, 0.3) is 0 Å². The fourth-order valence-electron chi connectivity index (χ4n) is 3.69. The standard InChI is InChI=1S/C22H24O7/c1-11-17-13(10-16(26-5)20(11)29-12(2)23)21(27-6)18-14(24-3)8-9-15(25-4)19(18)22(17)28-7/h8-10H,1-7H3. The summed E-state index contributed by atoms with van der Waals surface area (Å²) in [6.45, 7) is 3.18. The highest BCUT2D eigenvalue weighted by molar-refractivity contribution is 6.17. The summed E-state index contributed by atoms with van der Waals surface area (Å²) in [6, 6.07) is 5.38. The molecule has 154 valence electrons. The Labute approximate surface area is 169 Å². The highest BCUT2D eigenvalue weighted by Gasteiger charge is 2.26. The van der Waals surface area contributed by atoms with Gasteiger partial charge < -0.3 is 28.4 Å². The van der Waals surface area contributed by atoms with Crippen molar-refractivity contribution in [2.75, 3.05) is 35.5 Å². The molecule has 0 saturated heterocycles. The van der Waals surface area contributed by atoms with E-state index in [2.05, 4.69) is 0 Å². The molecule has 0 N–H and O–H groups in total. The molecule has 3 aromatic carbocycles. The number of esters is 1. The van der Waals surface area contributed by atoms with Gasteiger partial charge >= 0.3 is 5.97 Å². The van der Waals surface area contributed by atoms with Crippen LogP contribution >= 0.6 is 0 Å². The van der Waals surface area contributed by atoms with Gasteiger partial charge in [0.05, 0.1) is 46.3 Å². The average molecular weight is 400 g/mol. The lowest BCUT2D eigenvalue weighted by atomic mass is 9.95. The summed E-state index contributed by atoms with van der Waals surface area (Å²) in [6.07, 6.45) is 0. The molecule has 0 radical (unpaired) electrons. The highest BCUT2D eigenvalue weighted by atomic mass is 16.6. The maximum Gasteiger partial charge on any atom is 0.308 e. The van der Waals surface area contributed by atoms with Gasteiger partial charge in [-0.3, -0.25) is 4.79 Å². The van der Waals surface area contributed by atoms with Crippen molar-refractivity contribution in [1.82, 2.24) is 0 Å². The zero-order valence-electron chi connectivity index (χ0n) is 17.6. The Hall–Kier alpha value is -3.35. The predicted molar refractivity (Wildman–Crippen MR) is 110 cm³/mol. The number of hydrogen-bond donors (Lipinski definition) is 0. The lowest BCUT2D eigenvalue weighted by molar-refractivity contribution is -0.132. The number of hydrogen-bond acceptors (Lipinski definition) is 7. The Bertz CT molecular complexity index is 1100. The minimum Gasteiger partial charge on any atom is -0.496 e. The third-order valence-corrected chi connectivity index (χ3v) is 4.85. The first kappa shape index (κ1) is 20.4. The smallest absolute Gasteiger partial charge is 0.308 e. The van der Waals surface area contributed by atoms with Crippen molar-refractivity contribution >= 4 is 27.5 Å². The number of fused-ring (bicyclic) bond motifs is 2. The number of carbonyl (C=O) groups excluding carboxylic acids is 1. The molecule has 7 nitrogen and oxygen atoms in total. The highest BCUT2D eigenvalue weighted by Crippen LogP contribution is 2.53. The molecule has 0 aromatic heterocycles. The van der Waals surface area contributed by atoms with Crippen LogP contribution in [0.1, 0.15) is 12.5 Å². The predicted octanol–water partition coefficient (Wildman–Crippen LogP) is 4.27. The van der Waals surface area contributed by atoms with E-state index < -0.39 is 5.97 Å². The van der Waals surface area contributed by atoms with Gasteiger partial charge in [-0.25, -0.2) is 0 Å². The Morgan fingerprint density at radius 3 is 1.66 bits per heavy atom. The molecule has 0 aliphatic carbocycles. The first-order chi connectivity index (χ1) is 13.9. The summed E-state index contributed by atoms with van der Waals surface area (Å²) in [5, 5.41) is 2.86. The minimum atomic E-state index is -0.447. The zero-order valence-corrected chi connectivity index (χ0v) is 17.6. The van der Waals surface area contributed by atoms with Gasteiger partial charge in [-0.2, -0.15) is 0 Å². The van der Waals surface area contributed by atoms with Crippen LogP contribution < -0.4 is 28.4 Å². The molecule has 3 rings (SSSR count). The van der Waals surface area contributed by atoms with Crippen molar-refractivity contribution in [2.45, 2.75) is 13.8 Å². The van der Waals surface area contributed by atoms with E-state index in [1.54, 1.807) is 40.6 Å². The lowest BCUT2D eigenvalue weighted by Gasteiger charge is -2.22. The van der Waals surface area contributed by atoms with Gasteiger partial charge in [0, 0.05) is 23.3 Å². The minimum absolute atomic E-state index is 0.328. The average Bonchev–Trinajstić information content (AvgIpc) is 2.72. The van der Waals surface area contributed by atoms with E-state index in [1.807, 2.05) is 13.0 Å². The Morgan fingerprint density at radius 2 is 1.21 bits per heavy atom. The third kappa shape index (κ3) is 3.12. The number of benzene rings is 3. The molecule has 7 heteroatoms. The van der Waals surface area contributed by atoms with Gasteiger partial charge in [-0.1, -0.05) is 0 Å². The number of carbonyl (C=O) groups is 1.